The maximum absolute atomic E-state index is 15.8. The fraction of sp³-hybridized carbons (Fsp3) is 0.235. The van der Waals surface area contributed by atoms with Gasteiger partial charge in [0, 0.05) is 17.7 Å². The highest BCUT2D eigenvalue weighted by Crippen LogP contribution is 2.55. The van der Waals surface area contributed by atoms with Crippen LogP contribution in [0.3, 0.4) is 0 Å². The molecule has 3 N–H and O–H groups in total. The minimum Gasteiger partial charge on any atom is -0.385 e. The molecular formula is C17H14FNO3. The van der Waals surface area contributed by atoms with Crippen LogP contribution in [0.15, 0.2) is 48.5 Å². The molecule has 2 aromatic rings. The average Bonchev–Trinajstić information content (AvgIpc) is 2.95. The molecular weight excluding hydrogens is 285 g/mol. The van der Waals surface area contributed by atoms with Crippen molar-refractivity contribution in [2.75, 3.05) is 5.32 Å². The normalized spacial score (nSPS) is 32.5. The molecule has 22 heavy (non-hydrogen) atoms. The van der Waals surface area contributed by atoms with Gasteiger partial charge in [-0.1, -0.05) is 42.5 Å². The second kappa shape index (κ2) is 4.15. The number of hydrogen-bond acceptors (Lipinski definition) is 3. The van der Waals surface area contributed by atoms with E-state index >= 15 is 4.39 Å². The Morgan fingerprint density at radius 2 is 1.82 bits per heavy atom. The van der Waals surface area contributed by atoms with E-state index in [-0.39, 0.29) is 12.0 Å². The predicted octanol–water partition coefficient (Wildman–Crippen LogP) is 1.82. The number of aliphatic hydroxyl groups excluding tert-OH is 1. The van der Waals surface area contributed by atoms with E-state index in [4.69, 9.17) is 0 Å². The molecule has 3 atom stereocenters. The van der Waals surface area contributed by atoms with Crippen molar-refractivity contribution in [3.63, 3.8) is 0 Å². The molecule has 1 heterocycles. The van der Waals surface area contributed by atoms with Gasteiger partial charge in [0.25, 0.3) is 5.91 Å². The standard InChI is InChI=1S/C17H14FNO3/c18-16(9-10-5-1-2-6-11(10)14(16)20)17(22)12-7-3-4-8-13(12)19-15(17)21/h1-8,14,20,22H,9H2,(H,19,21)/t14-,16+,17-/m1/s1. The van der Waals surface area contributed by atoms with Crippen molar-refractivity contribution in [3.8, 4) is 0 Å². The molecule has 4 nitrogen and oxygen atoms in total. The fourth-order valence-corrected chi connectivity index (χ4v) is 3.56. The number of amides is 1. The van der Waals surface area contributed by atoms with Gasteiger partial charge in [-0.15, -0.1) is 0 Å². The van der Waals surface area contributed by atoms with Crippen LogP contribution in [0.1, 0.15) is 22.8 Å². The third-order valence-electron chi connectivity index (χ3n) is 4.73. The summed E-state index contributed by atoms with van der Waals surface area (Å²) in [6, 6.07) is 13.2. The van der Waals surface area contributed by atoms with Crippen LogP contribution in [-0.4, -0.2) is 21.8 Å². The van der Waals surface area contributed by atoms with Crippen LogP contribution in [0, 0.1) is 0 Å². The number of nitrogens with one attached hydrogen (secondary N) is 1. The average molecular weight is 299 g/mol. The summed E-state index contributed by atoms with van der Waals surface area (Å²) < 4.78 is 15.8. The van der Waals surface area contributed by atoms with Crippen LogP contribution in [0.5, 0.6) is 0 Å². The summed E-state index contributed by atoms with van der Waals surface area (Å²) in [6.45, 7) is 0. The van der Waals surface area contributed by atoms with E-state index in [0.717, 1.165) is 0 Å². The number of aliphatic hydroxyl groups is 2. The Bertz CT molecular complexity index is 793. The SMILES string of the molecule is O=C1Nc2ccccc2[C@]1(O)[C@]1(F)Cc2ccccc2[C@H]1O. The molecule has 0 fully saturated rings. The van der Waals surface area contributed by atoms with E-state index in [1.807, 2.05) is 0 Å². The molecule has 0 unspecified atom stereocenters. The van der Waals surface area contributed by atoms with Gasteiger partial charge >= 0.3 is 0 Å². The van der Waals surface area contributed by atoms with E-state index in [9.17, 15) is 15.0 Å². The number of rotatable bonds is 1. The third-order valence-corrected chi connectivity index (χ3v) is 4.73. The molecule has 0 saturated carbocycles. The zero-order valence-electron chi connectivity index (χ0n) is 11.6. The van der Waals surface area contributed by atoms with Gasteiger partial charge in [-0.2, -0.15) is 0 Å². The second-order valence-electron chi connectivity index (χ2n) is 5.85. The van der Waals surface area contributed by atoms with Crippen molar-refractivity contribution in [3.05, 3.63) is 65.2 Å². The van der Waals surface area contributed by atoms with Crippen molar-refractivity contribution < 1.29 is 19.4 Å². The molecule has 2 aromatic carbocycles. The monoisotopic (exact) mass is 299 g/mol. The first-order chi connectivity index (χ1) is 10.5. The van der Waals surface area contributed by atoms with Crippen LogP contribution in [0.2, 0.25) is 0 Å². The van der Waals surface area contributed by atoms with Crippen LogP contribution >= 0.6 is 0 Å². The van der Waals surface area contributed by atoms with Gasteiger partial charge in [-0.3, -0.25) is 4.79 Å². The Morgan fingerprint density at radius 3 is 2.59 bits per heavy atom. The summed E-state index contributed by atoms with van der Waals surface area (Å²) in [7, 11) is 0. The first-order valence-corrected chi connectivity index (χ1v) is 7.06. The van der Waals surface area contributed by atoms with Gasteiger partial charge in [0.05, 0.1) is 0 Å². The lowest BCUT2D eigenvalue weighted by Gasteiger charge is -2.36. The van der Waals surface area contributed by atoms with E-state index in [2.05, 4.69) is 5.32 Å². The molecule has 2 aliphatic rings. The van der Waals surface area contributed by atoms with Crippen molar-refractivity contribution >= 4 is 11.6 Å². The maximum Gasteiger partial charge on any atom is 0.264 e. The predicted molar refractivity (Wildman–Crippen MR) is 77.9 cm³/mol. The van der Waals surface area contributed by atoms with Gasteiger partial charge in [0.2, 0.25) is 5.60 Å². The number of fused-ring (bicyclic) bond motifs is 2. The highest BCUT2D eigenvalue weighted by atomic mass is 19.1. The number of hydrogen-bond donors (Lipinski definition) is 3. The van der Waals surface area contributed by atoms with Crippen LogP contribution in [0.4, 0.5) is 10.1 Å². The Balaban J connectivity index is 1.90. The van der Waals surface area contributed by atoms with Crippen LogP contribution in [-0.2, 0) is 16.8 Å². The molecule has 0 aromatic heterocycles. The largest absolute Gasteiger partial charge is 0.385 e. The quantitative estimate of drug-likeness (QED) is 0.752. The van der Waals surface area contributed by atoms with Gasteiger partial charge in [0.15, 0.2) is 5.67 Å². The van der Waals surface area contributed by atoms with E-state index in [0.29, 0.717) is 16.8 Å². The van der Waals surface area contributed by atoms with E-state index in [1.54, 1.807) is 42.5 Å². The molecule has 4 rings (SSSR count). The Morgan fingerprint density at radius 1 is 1.14 bits per heavy atom. The Hall–Kier alpha value is -2.24. The van der Waals surface area contributed by atoms with Crippen molar-refractivity contribution in [2.45, 2.75) is 23.8 Å². The molecule has 0 saturated heterocycles. The van der Waals surface area contributed by atoms with E-state index in [1.165, 1.54) is 6.07 Å². The molecule has 0 spiro atoms. The fourth-order valence-electron chi connectivity index (χ4n) is 3.56. The minimum atomic E-state index is -2.51. The summed E-state index contributed by atoms with van der Waals surface area (Å²) in [6.07, 6.45) is -1.78. The maximum atomic E-state index is 15.8. The van der Waals surface area contributed by atoms with E-state index < -0.39 is 23.3 Å². The zero-order valence-corrected chi connectivity index (χ0v) is 11.6. The molecule has 112 valence electrons. The topological polar surface area (TPSA) is 69.6 Å². The number of alkyl halides is 1. The van der Waals surface area contributed by atoms with Crippen LogP contribution < -0.4 is 5.32 Å². The Kier molecular flexibility index (Phi) is 2.53. The first kappa shape index (κ1) is 13.4. The van der Waals surface area contributed by atoms with Crippen molar-refractivity contribution in [1.82, 2.24) is 0 Å². The van der Waals surface area contributed by atoms with Crippen molar-refractivity contribution in [1.29, 1.82) is 0 Å². The molecule has 0 bridgehead atoms. The number of carbonyl (C=O) groups is 1. The van der Waals surface area contributed by atoms with Gasteiger partial charge in [-0.05, 0) is 17.2 Å². The van der Waals surface area contributed by atoms with Gasteiger partial charge < -0.3 is 15.5 Å². The van der Waals surface area contributed by atoms with Gasteiger partial charge in [-0.25, -0.2) is 4.39 Å². The molecule has 1 aliphatic heterocycles. The highest BCUT2D eigenvalue weighted by molar-refractivity contribution is 6.06. The summed E-state index contributed by atoms with van der Waals surface area (Å²) in [4.78, 5) is 12.3. The number of para-hydroxylation sites is 1. The molecule has 1 aliphatic carbocycles. The molecule has 5 heteroatoms. The summed E-state index contributed by atoms with van der Waals surface area (Å²) >= 11 is 0. The summed E-state index contributed by atoms with van der Waals surface area (Å²) in [5, 5.41) is 23.9. The Labute approximate surface area is 126 Å². The summed E-state index contributed by atoms with van der Waals surface area (Å²) in [5.74, 6) is -0.844. The lowest BCUT2D eigenvalue weighted by molar-refractivity contribution is -0.173. The number of anilines is 1. The van der Waals surface area contributed by atoms with Crippen LogP contribution in [0.25, 0.3) is 0 Å². The third kappa shape index (κ3) is 1.40. The number of benzene rings is 2. The lowest BCUT2D eigenvalue weighted by atomic mass is 9.76. The highest BCUT2D eigenvalue weighted by Gasteiger charge is 2.67. The van der Waals surface area contributed by atoms with Crippen molar-refractivity contribution in [2.24, 2.45) is 0 Å². The smallest absolute Gasteiger partial charge is 0.264 e. The lowest BCUT2D eigenvalue weighted by Crippen LogP contribution is -2.55. The molecule has 1 amide bonds. The molecule has 0 radical (unpaired) electrons. The van der Waals surface area contributed by atoms with Gasteiger partial charge in [0.1, 0.15) is 6.10 Å². The number of halogens is 1. The summed E-state index contributed by atoms with van der Waals surface area (Å²) in [5.41, 5.74) is -3.38. The minimum absolute atomic E-state index is 0.161. The second-order valence-corrected chi connectivity index (χ2v) is 5.85. The zero-order chi connectivity index (χ0) is 15.5. The first-order valence-electron chi connectivity index (χ1n) is 7.06. The number of carbonyl (C=O) groups excluding carboxylic acids is 1.